The topological polar surface area (TPSA) is 125 Å². The van der Waals surface area contributed by atoms with Gasteiger partial charge in [0, 0.05) is 32.6 Å². The number of hydrogen-bond acceptors (Lipinski definition) is 5. The van der Waals surface area contributed by atoms with Crippen LogP contribution >= 0.6 is 0 Å². The van der Waals surface area contributed by atoms with Gasteiger partial charge in [0.05, 0.1) is 6.54 Å². The van der Waals surface area contributed by atoms with Crippen molar-refractivity contribution in [2.24, 2.45) is 0 Å². The summed E-state index contributed by atoms with van der Waals surface area (Å²) in [6.07, 6.45) is 5.88. The zero-order valence-electron chi connectivity index (χ0n) is 16.8. The quantitative estimate of drug-likeness (QED) is 0.467. The van der Waals surface area contributed by atoms with Crippen molar-refractivity contribution in [3.63, 3.8) is 0 Å². The molecular formula is C22H18N4O5. The number of benzene rings is 2. The Morgan fingerprint density at radius 3 is 2.10 bits per heavy atom. The van der Waals surface area contributed by atoms with Crippen LogP contribution in [0.15, 0.2) is 61.9 Å². The van der Waals surface area contributed by atoms with E-state index in [1.165, 1.54) is 23.4 Å². The number of carbonyl (C=O) groups excluding carboxylic acids is 1. The molecule has 0 atom stereocenters. The molecule has 4 aromatic rings. The van der Waals surface area contributed by atoms with E-state index in [-0.39, 0.29) is 23.5 Å². The highest BCUT2D eigenvalue weighted by Gasteiger charge is 2.22. The smallest absolute Gasteiger partial charge is 0.266 e. The van der Waals surface area contributed by atoms with Gasteiger partial charge in [-0.1, -0.05) is 18.2 Å². The molecule has 0 radical (unpaired) electrons. The second kappa shape index (κ2) is 7.52. The van der Waals surface area contributed by atoms with Crippen LogP contribution in [0.4, 0.5) is 0 Å². The SMILES string of the molecule is CN(C)C(=O)C=Cc1cccc(Cn2c(=O)c3c(=O)c4[nH]cc[nH]c4c(=O)c3c2=O)c1. The summed E-state index contributed by atoms with van der Waals surface area (Å²) in [4.78, 5) is 69.8. The number of rotatable bonds is 4. The number of H-pyrrole nitrogens is 2. The standard InChI is InChI=1S/C22H18N4O5/c1-25(2)14(27)7-6-12-4-3-5-13(10-12)11-26-21(30)15-16(22(26)31)20(29)18-17(19(15)28)23-8-9-24-18/h3-10,23-24H,11H2,1-2H3. The maximum Gasteiger partial charge on any atom is 0.266 e. The predicted octanol–water partition coefficient (Wildman–Crippen LogP) is 0.479. The molecule has 0 spiro atoms. The van der Waals surface area contributed by atoms with E-state index in [4.69, 9.17) is 0 Å². The lowest BCUT2D eigenvalue weighted by molar-refractivity contribution is -0.123. The molecule has 0 saturated heterocycles. The van der Waals surface area contributed by atoms with Crippen molar-refractivity contribution in [3.8, 4) is 0 Å². The van der Waals surface area contributed by atoms with E-state index in [0.717, 1.165) is 4.57 Å². The third-order valence-electron chi connectivity index (χ3n) is 5.02. The van der Waals surface area contributed by atoms with Crippen LogP contribution in [0, 0.1) is 0 Å². The zero-order valence-corrected chi connectivity index (χ0v) is 16.8. The first kappa shape index (κ1) is 20.0. The van der Waals surface area contributed by atoms with E-state index >= 15 is 0 Å². The summed E-state index contributed by atoms with van der Waals surface area (Å²) < 4.78 is 0.889. The highest BCUT2D eigenvalue weighted by molar-refractivity contribution is 5.94. The zero-order chi connectivity index (χ0) is 22.3. The van der Waals surface area contributed by atoms with Gasteiger partial charge >= 0.3 is 0 Å². The second-order valence-corrected chi connectivity index (χ2v) is 7.29. The van der Waals surface area contributed by atoms with Crippen molar-refractivity contribution in [1.82, 2.24) is 19.4 Å². The molecule has 9 heteroatoms. The number of likely N-dealkylation sites (N-methyl/N-ethyl adjacent to an activating group) is 1. The molecule has 31 heavy (non-hydrogen) atoms. The number of nitrogens with zero attached hydrogens (tertiary/aromatic N) is 2. The van der Waals surface area contributed by atoms with Gasteiger partial charge in [-0.05, 0) is 23.3 Å². The Morgan fingerprint density at radius 1 is 0.968 bits per heavy atom. The van der Waals surface area contributed by atoms with Crippen LogP contribution in [0.3, 0.4) is 0 Å². The Morgan fingerprint density at radius 2 is 1.55 bits per heavy atom. The lowest BCUT2D eigenvalue weighted by atomic mass is 10.1. The van der Waals surface area contributed by atoms with Gasteiger partial charge < -0.3 is 14.9 Å². The molecule has 2 heterocycles. The number of amides is 1. The summed E-state index contributed by atoms with van der Waals surface area (Å²) in [6, 6.07) is 6.93. The van der Waals surface area contributed by atoms with Gasteiger partial charge in [0.25, 0.3) is 11.1 Å². The number of nitrogens with one attached hydrogen (secondary N) is 2. The van der Waals surface area contributed by atoms with Gasteiger partial charge in [0.2, 0.25) is 16.8 Å². The molecule has 2 aromatic carbocycles. The summed E-state index contributed by atoms with van der Waals surface area (Å²) in [6.45, 7) is -0.113. The third kappa shape index (κ3) is 3.35. The summed E-state index contributed by atoms with van der Waals surface area (Å²) in [5.74, 6) is -0.183. The summed E-state index contributed by atoms with van der Waals surface area (Å²) >= 11 is 0. The number of hydrogen-bond donors (Lipinski definition) is 2. The van der Waals surface area contributed by atoms with E-state index in [9.17, 15) is 24.0 Å². The van der Waals surface area contributed by atoms with E-state index in [1.54, 1.807) is 44.4 Å². The number of fused-ring (bicyclic) bond motifs is 2. The molecule has 2 N–H and O–H groups in total. The van der Waals surface area contributed by atoms with Gasteiger partial charge in [0.1, 0.15) is 21.8 Å². The first-order valence-electron chi connectivity index (χ1n) is 9.40. The van der Waals surface area contributed by atoms with Crippen molar-refractivity contribution < 1.29 is 4.79 Å². The Kier molecular flexibility index (Phi) is 4.86. The fourth-order valence-electron chi connectivity index (χ4n) is 3.44. The molecule has 0 fully saturated rings. The minimum Gasteiger partial charge on any atom is -0.355 e. The van der Waals surface area contributed by atoms with Crippen LogP contribution in [-0.2, 0) is 11.3 Å². The summed E-state index contributed by atoms with van der Waals surface area (Å²) in [5, 5.41) is -0.822. The van der Waals surface area contributed by atoms with Crippen molar-refractivity contribution in [2.75, 3.05) is 14.1 Å². The van der Waals surface area contributed by atoms with Crippen molar-refractivity contribution in [1.29, 1.82) is 0 Å². The summed E-state index contributed by atoms with van der Waals surface area (Å²) in [7, 11) is 3.28. The van der Waals surface area contributed by atoms with Crippen LogP contribution in [0.1, 0.15) is 11.1 Å². The number of aromatic amines is 2. The average Bonchev–Trinajstić information content (AvgIpc) is 3.01. The van der Waals surface area contributed by atoms with Crippen LogP contribution in [0.25, 0.3) is 27.9 Å². The minimum atomic E-state index is -0.801. The molecule has 2 aromatic heterocycles. The Labute approximate surface area is 174 Å². The Hall–Kier alpha value is -4.27. The molecule has 0 unspecified atom stereocenters. The van der Waals surface area contributed by atoms with Crippen LogP contribution < -0.4 is 22.0 Å². The minimum absolute atomic E-state index is 0.0491. The molecule has 0 aliphatic rings. The van der Waals surface area contributed by atoms with E-state index in [2.05, 4.69) is 9.97 Å². The van der Waals surface area contributed by atoms with Gasteiger partial charge in [-0.2, -0.15) is 0 Å². The first-order valence-corrected chi connectivity index (χ1v) is 9.40. The van der Waals surface area contributed by atoms with E-state index in [1.807, 2.05) is 0 Å². The monoisotopic (exact) mass is 418 g/mol. The maximum absolute atomic E-state index is 12.9. The predicted molar refractivity (Wildman–Crippen MR) is 118 cm³/mol. The second-order valence-electron chi connectivity index (χ2n) is 7.29. The molecule has 156 valence electrons. The van der Waals surface area contributed by atoms with Gasteiger partial charge in [-0.15, -0.1) is 0 Å². The Balaban J connectivity index is 1.83. The van der Waals surface area contributed by atoms with Crippen molar-refractivity contribution in [2.45, 2.75) is 6.54 Å². The number of aromatic nitrogens is 3. The average molecular weight is 418 g/mol. The highest BCUT2D eigenvalue weighted by atomic mass is 16.2. The lowest BCUT2D eigenvalue weighted by Gasteiger charge is -2.06. The summed E-state index contributed by atoms with van der Waals surface area (Å²) in [5.41, 5.74) is -1.78. The molecule has 0 aliphatic carbocycles. The van der Waals surface area contributed by atoms with Gasteiger partial charge in [0.15, 0.2) is 0 Å². The largest absolute Gasteiger partial charge is 0.355 e. The van der Waals surface area contributed by atoms with Crippen LogP contribution in [0.5, 0.6) is 0 Å². The lowest BCUT2D eigenvalue weighted by Crippen LogP contribution is -2.27. The molecule has 0 saturated carbocycles. The molecule has 4 rings (SSSR count). The van der Waals surface area contributed by atoms with Crippen molar-refractivity contribution in [3.05, 3.63) is 95.0 Å². The highest BCUT2D eigenvalue weighted by Crippen LogP contribution is 2.10. The molecule has 0 bridgehead atoms. The fourth-order valence-corrected chi connectivity index (χ4v) is 3.44. The van der Waals surface area contributed by atoms with Crippen molar-refractivity contribution >= 4 is 33.8 Å². The molecular weight excluding hydrogens is 400 g/mol. The van der Waals surface area contributed by atoms with E-state index < -0.39 is 32.7 Å². The third-order valence-corrected chi connectivity index (χ3v) is 5.02. The fraction of sp³-hybridized carbons (Fsp3) is 0.136. The molecule has 9 nitrogen and oxygen atoms in total. The molecule has 1 amide bonds. The first-order chi connectivity index (χ1) is 14.8. The van der Waals surface area contributed by atoms with Crippen LogP contribution in [0.2, 0.25) is 0 Å². The number of carbonyl (C=O) groups is 1. The molecule has 0 aliphatic heterocycles. The normalized spacial score (nSPS) is 11.5. The van der Waals surface area contributed by atoms with E-state index in [0.29, 0.717) is 11.1 Å². The van der Waals surface area contributed by atoms with Crippen LogP contribution in [-0.4, -0.2) is 39.4 Å². The van der Waals surface area contributed by atoms with Gasteiger partial charge in [-0.3, -0.25) is 28.5 Å². The maximum atomic E-state index is 12.9. The van der Waals surface area contributed by atoms with Gasteiger partial charge in [-0.25, -0.2) is 0 Å². The Bertz CT molecular complexity index is 1510.